The first-order chi connectivity index (χ1) is 7.54. The maximum absolute atomic E-state index is 12.0. The van der Waals surface area contributed by atoms with Crippen molar-refractivity contribution in [3.63, 3.8) is 0 Å². The van der Waals surface area contributed by atoms with Crippen molar-refractivity contribution in [2.75, 3.05) is 13.1 Å². The van der Waals surface area contributed by atoms with Crippen molar-refractivity contribution >= 4 is 11.9 Å². The van der Waals surface area contributed by atoms with Gasteiger partial charge in [0.25, 0.3) is 0 Å². The zero-order valence-corrected chi connectivity index (χ0v) is 9.69. The quantitative estimate of drug-likeness (QED) is 0.715. The smallest absolute Gasteiger partial charge is 0.323 e. The molecule has 1 amide bonds. The Morgan fingerprint density at radius 3 is 2.56 bits per heavy atom. The van der Waals surface area contributed by atoms with Crippen molar-refractivity contribution in [1.82, 2.24) is 4.90 Å². The molecule has 2 unspecified atom stereocenters. The maximum Gasteiger partial charge on any atom is 0.323 e. The Balaban J connectivity index is 2.56. The normalized spacial score (nSPS) is 24.4. The van der Waals surface area contributed by atoms with Crippen molar-refractivity contribution in [2.24, 2.45) is 11.7 Å². The molecular weight excluding hydrogens is 208 g/mol. The van der Waals surface area contributed by atoms with Crippen LogP contribution >= 0.6 is 0 Å². The Labute approximate surface area is 95.6 Å². The van der Waals surface area contributed by atoms with Crippen molar-refractivity contribution in [1.29, 1.82) is 0 Å². The number of nitrogens with two attached hydrogens (primary N) is 1. The van der Waals surface area contributed by atoms with Gasteiger partial charge in [0.1, 0.15) is 6.54 Å². The third kappa shape index (κ3) is 3.48. The summed E-state index contributed by atoms with van der Waals surface area (Å²) >= 11 is 0. The second-order valence-electron chi connectivity index (χ2n) is 4.42. The van der Waals surface area contributed by atoms with Crippen LogP contribution in [-0.2, 0) is 9.59 Å². The molecule has 0 aromatic rings. The SMILES string of the molecule is CCCN(CC(=O)O)C(=O)C1CCC(N)C1. The molecule has 2 atom stereocenters. The molecule has 0 aromatic carbocycles. The largest absolute Gasteiger partial charge is 0.480 e. The van der Waals surface area contributed by atoms with E-state index in [1.807, 2.05) is 6.92 Å². The topological polar surface area (TPSA) is 83.6 Å². The number of rotatable bonds is 5. The van der Waals surface area contributed by atoms with Crippen molar-refractivity contribution < 1.29 is 14.7 Å². The summed E-state index contributed by atoms with van der Waals surface area (Å²) in [7, 11) is 0. The lowest BCUT2D eigenvalue weighted by Crippen LogP contribution is -2.39. The van der Waals surface area contributed by atoms with E-state index in [-0.39, 0.29) is 24.4 Å². The van der Waals surface area contributed by atoms with E-state index in [0.717, 1.165) is 19.3 Å². The molecule has 1 rings (SSSR count). The molecule has 0 aromatic heterocycles. The highest BCUT2D eigenvalue weighted by Crippen LogP contribution is 2.26. The van der Waals surface area contributed by atoms with Crippen LogP contribution in [0.5, 0.6) is 0 Å². The van der Waals surface area contributed by atoms with Crippen LogP contribution in [0.3, 0.4) is 0 Å². The number of aliphatic carboxylic acids is 1. The summed E-state index contributed by atoms with van der Waals surface area (Å²) < 4.78 is 0. The fourth-order valence-corrected chi connectivity index (χ4v) is 2.20. The predicted octanol–water partition coefficient (Wildman–Crippen LogP) is 0.437. The van der Waals surface area contributed by atoms with E-state index in [1.165, 1.54) is 4.90 Å². The maximum atomic E-state index is 12.0. The van der Waals surface area contributed by atoms with Crippen LogP contribution in [0.25, 0.3) is 0 Å². The number of amides is 1. The highest BCUT2D eigenvalue weighted by atomic mass is 16.4. The molecule has 1 aliphatic carbocycles. The summed E-state index contributed by atoms with van der Waals surface area (Å²) in [4.78, 5) is 24.1. The van der Waals surface area contributed by atoms with Crippen LogP contribution in [0.15, 0.2) is 0 Å². The van der Waals surface area contributed by atoms with Crippen LogP contribution in [0.2, 0.25) is 0 Å². The molecule has 92 valence electrons. The lowest BCUT2D eigenvalue weighted by Gasteiger charge is -2.23. The number of carbonyl (C=O) groups excluding carboxylic acids is 1. The average Bonchev–Trinajstić information content (AvgIpc) is 2.62. The van der Waals surface area contributed by atoms with Gasteiger partial charge in [-0.15, -0.1) is 0 Å². The van der Waals surface area contributed by atoms with E-state index in [4.69, 9.17) is 10.8 Å². The van der Waals surface area contributed by atoms with E-state index >= 15 is 0 Å². The Hall–Kier alpha value is -1.10. The second-order valence-corrected chi connectivity index (χ2v) is 4.42. The molecule has 0 spiro atoms. The van der Waals surface area contributed by atoms with E-state index < -0.39 is 5.97 Å². The van der Waals surface area contributed by atoms with Gasteiger partial charge >= 0.3 is 5.97 Å². The Bertz CT molecular complexity index is 268. The van der Waals surface area contributed by atoms with Crippen molar-refractivity contribution in [3.8, 4) is 0 Å². The number of nitrogens with zero attached hydrogens (tertiary/aromatic N) is 1. The minimum atomic E-state index is -0.955. The number of carboxylic acid groups (broad SMARTS) is 1. The highest BCUT2D eigenvalue weighted by molar-refractivity contribution is 5.83. The molecule has 0 aliphatic heterocycles. The number of carboxylic acids is 1. The lowest BCUT2D eigenvalue weighted by molar-refractivity contribution is -0.146. The molecule has 1 saturated carbocycles. The van der Waals surface area contributed by atoms with Crippen LogP contribution < -0.4 is 5.73 Å². The van der Waals surface area contributed by atoms with Gasteiger partial charge in [-0.25, -0.2) is 0 Å². The van der Waals surface area contributed by atoms with Gasteiger partial charge in [-0.1, -0.05) is 6.92 Å². The predicted molar refractivity (Wildman–Crippen MR) is 59.8 cm³/mol. The van der Waals surface area contributed by atoms with E-state index in [1.54, 1.807) is 0 Å². The fraction of sp³-hybridized carbons (Fsp3) is 0.818. The minimum absolute atomic E-state index is 0.0443. The molecule has 16 heavy (non-hydrogen) atoms. The van der Waals surface area contributed by atoms with Gasteiger partial charge < -0.3 is 15.7 Å². The van der Waals surface area contributed by atoms with Crippen LogP contribution in [-0.4, -0.2) is 41.0 Å². The highest BCUT2D eigenvalue weighted by Gasteiger charge is 2.31. The molecule has 0 heterocycles. The van der Waals surface area contributed by atoms with E-state index in [0.29, 0.717) is 13.0 Å². The van der Waals surface area contributed by atoms with Crippen molar-refractivity contribution in [3.05, 3.63) is 0 Å². The van der Waals surface area contributed by atoms with Gasteiger partial charge in [-0.2, -0.15) is 0 Å². The molecule has 0 bridgehead atoms. The summed E-state index contributed by atoms with van der Waals surface area (Å²) in [5.41, 5.74) is 5.75. The molecule has 3 N–H and O–H groups in total. The van der Waals surface area contributed by atoms with Crippen molar-refractivity contribution in [2.45, 2.75) is 38.6 Å². The zero-order valence-electron chi connectivity index (χ0n) is 9.69. The lowest BCUT2D eigenvalue weighted by atomic mass is 10.1. The fourth-order valence-electron chi connectivity index (χ4n) is 2.20. The standard InChI is InChI=1S/C11H20N2O3/c1-2-5-13(7-10(14)15)11(16)8-3-4-9(12)6-8/h8-9H,2-7,12H2,1H3,(H,14,15). The second kappa shape index (κ2) is 5.84. The monoisotopic (exact) mass is 228 g/mol. The van der Waals surface area contributed by atoms with E-state index in [9.17, 15) is 9.59 Å². The summed E-state index contributed by atoms with van der Waals surface area (Å²) in [6.45, 7) is 2.25. The Kier molecular flexibility index (Phi) is 4.73. The van der Waals surface area contributed by atoms with Crippen LogP contribution in [0.4, 0.5) is 0 Å². The molecule has 5 heteroatoms. The molecule has 1 fully saturated rings. The molecule has 0 radical (unpaired) electrons. The summed E-state index contributed by atoms with van der Waals surface area (Å²) in [5, 5.41) is 8.74. The first-order valence-electron chi connectivity index (χ1n) is 5.80. The average molecular weight is 228 g/mol. The minimum Gasteiger partial charge on any atom is -0.480 e. The van der Waals surface area contributed by atoms with Crippen LogP contribution in [0, 0.1) is 5.92 Å². The van der Waals surface area contributed by atoms with Gasteiger partial charge in [0, 0.05) is 18.5 Å². The van der Waals surface area contributed by atoms with Gasteiger partial charge in [0.05, 0.1) is 0 Å². The third-order valence-corrected chi connectivity index (χ3v) is 2.95. The molecular formula is C11H20N2O3. The molecule has 0 saturated heterocycles. The summed E-state index contributed by atoms with van der Waals surface area (Å²) in [5.74, 6) is -1.07. The third-order valence-electron chi connectivity index (χ3n) is 2.95. The van der Waals surface area contributed by atoms with E-state index in [2.05, 4.69) is 0 Å². The molecule has 5 nitrogen and oxygen atoms in total. The van der Waals surface area contributed by atoms with Gasteiger partial charge in [0.2, 0.25) is 5.91 Å². The number of hydrogen-bond donors (Lipinski definition) is 2. The first-order valence-corrected chi connectivity index (χ1v) is 5.80. The summed E-state index contributed by atoms with van der Waals surface area (Å²) in [6.07, 6.45) is 3.12. The number of hydrogen-bond acceptors (Lipinski definition) is 3. The van der Waals surface area contributed by atoms with Gasteiger partial charge in [-0.3, -0.25) is 9.59 Å². The first kappa shape index (κ1) is 13.0. The summed E-state index contributed by atoms with van der Waals surface area (Å²) in [6, 6.07) is 0.0993. The Morgan fingerprint density at radius 1 is 1.44 bits per heavy atom. The van der Waals surface area contributed by atoms with Crippen LogP contribution in [0.1, 0.15) is 32.6 Å². The van der Waals surface area contributed by atoms with Gasteiger partial charge in [-0.05, 0) is 25.7 Å². The van der Waals surface area contributed by atoms with Gasteiger partial charge in [0.15, 0.2) is 0 Å². The number of carbonyl (C=O) groups is 2. The molecule has 1 aliphatic rings. The Morgan fingerprint density at radius 2 is 2.12 bits per heavy atom. The zero-order chi connectivity index (χ0) is 12.1.